The topological polar surface area (TPSA) is 32.3 Å². The van der Waals surface area contributed by atoms with Crippen LogP contribution in [-0.2, 0) is 4.79 Å². The lowest BCUT2D eigenvalue weighted by Crippen LogP contribution is -2.54. The minimum Gasteiger partial charge on any atom is -0.354 e. The van der Waals surface area contributed by atoms with Crippen LogP contribution >= 0.6 is 12.6 Å². The molecule has 4 heteroatoms. The zero-order valence-corrected chi connectivity index (χ0v) is 10.5. The second-order valence-corrected chi connectivity index (χ2v) is 6.08. The van der Waals surface area contributed by atoms with Gasteiger partial charge in [-0.2, -0.15) is 12.6 Å². The van der Waals surface area contributed by atoms with Crippen LogP contribution in [0.2, 0.25) is 0 Å². The van der Waals surface area contributed by atoms with Gasteiger partial charge in [0, 0.05) is 31.1 Å². The largest absolute Gasteiger partial charge is 0.354 e. The Hall–Kier alpha value is -0.220. The van der Waals surface area contributed by atoms with E-state index in [-0.39, 0.29) is 5.91 Å². The molecule has 2 aliphatic heterocycles. The van der Waals surface area contributed by atoms with E-state index < -0.39 is 0 Å². The molecular formula is C12H20N2OS. The summed E-state index contributed by atoms with van der Waals surface area (Å²) in [6.45, 7) is 2.15. The highest BCUT2D eigenvalue weighted by Crippen LogP contribution is 2.54. The van der Waals surface area contributed by atoms with Gasteiger partial charge in [0.2, 0.25) is 5.91 Å². The molecule has 0 aromatic heterocycles. The van der Waals surface area contributed by atoms with Crippen molar-refractivity contribution in [2.24, 2.45) is 5.92 Å². The van der Waals surface area contributed by atoms with Gasteiger partial charge in [-0.05, 0) is 37.4 Å². The molecule has 2 saturated carbocycles. The predicted molar refractivity (Wildman–Crippen MR) is 66.7 cm³/mol. The van der Waals surface area contributed by atoms with Crippen LogP contribution in [0.4, 0.5) is 0 Å². The maximum atomic E-state index is 11.5. The van der Waals surface area contributed by atoms with Gasteiger partial charge in [-0.15, -0.1) is 0 Å². The van der Waals surface area contributed by atoms with Crippen molar-refractivity contribution in [2.45, 2.75) is 43.7 Å². The summed E-state index contributed by atoms with van der Waals surface area (Å²) in [4.78, 5) is 14.2. The molecular weight excluding hydrogens is 220 g/mol. The molecule has 1 amide bonds. The van der Waals surface area contributed by atoms with E-state index in [1.807, 2.05) is 0 Å². The lowest BCUT2D eigenvalue weighted by molar-refractivity contribution is -0.121. The van der Waals surface area contributed by atoms with E-state index >= 15 is 0 Å². The molecule has 2 bridgehead atoms. The fourth-order valence-electron chi connectivity index (χ4n) is 3.47. The Kier molecular flexibility index (Phi) is 2.67. The third-order valence-electron chi connectivity index (χ3n) is 4.34. The van der Waals surface area contributed by atoms with E-state index in [0.717, 1.165) is 18.5 Å². The van der Waals surface area contributed by atoms with Gasteiger partial charge in [-0.25, -0.2) is 0 Å². The minimum absolute atomic E-state index is 0.162. The Bertz CT molecular complexity index is 297. The van der Waals surface area contributed by atoms with Crippen LogP contribution in [0.1, 0.15) is 32.1 Å². The Labute approximate surface area is 102 Å². The molecule has 4 fully saturated rings. The first kappa shape index (κ1) is 10.9. The third kappa shape index (κ3) is 1.76. The summed E-state index contributed by atoms with van der Waals surface area (Å²) >= 11 is 4.08. The Balaban J connectivity index is 1.55. The summed E-state index contributed by atoms with van der Waals surface area (Å²) in [6, 6.07) is 0.842. The van der Waals surface area contributed by atoms with Crippen LogP contribution in [0, 0.1) is 5.92 Å². The van der Waals surface area contributed by atoms with Gasteiger partial charge in [0.15, 0.2) is 0 Å². The quantitative estimate of drug-likeness (QED) is 0.704. The minimum atomic E-state index is 0.162. The summed E-state index contributed by atoms with van der Waals surface area (Å²) in [6.07, 6.45) is 5.92. The second-order valence-electron chi connectivity index (χ2n) is 5.63. The molecule has 0 aromatic carbocycles. The molecule has 2 heterocycles. The van der Waals surface area contributed by atoms with Crippen LogP contribution in [0.5, 0.6) is 0 Å². The summed E-state index contributed by atoms with van der Waals surface area (Å²) < 4.78 is 0. The van der Waals surface area contributed by atoms with E-state index in [1.54, 1.807) is 0 Å². The molecule has 1 N–H and O–H groups in total. The van der Waals surface area contributed by atoms with Crippen molar-refractivity contribution in [3.8, 4) is 0 Å². The van der Waals surface area contributed by atoms with Gasteiger partial charge < -0.3 is 5.32 Å². The fourth-order valence-corrected chi connectivity index (χ4v) is 3.67. The van der Waals surface area contributed by atoms with Crippen molar-refractivity contribution in [3.05, 3.63) is 0 Å². The zero-order chi connectivity index (χ0) is 11.2. The highest BCUT2D eigenvalue weighted by Gasteiger charge is 2.59. The van der Waals surface area contributed by atoms with Gasteiger partial charge in [0.25, 0.3) is 0 Å². The van der Waals surface area contributed by atoms with Gasteiger partial charge in [-0.1, -0.05) is 0 Å². The number of nitrogens with zero attached hydrogens (tertiary/aromatic N) is 1. The number of thiol groups is 1. The summed E-state index contributed by atoms with van der Waals surface area (Å²) in [5, 5.41) is 3.09. The van der Waals surface area contributed by atoms with Crippen molar-refractivity contribution >= 4 is 18.5 Å². The molecule has 0 aromatic rings. The van der Waals surface area contributed by atoms with Gasteiger partial charge in [-0.3, -0.25) is 9.69 Å². The van der Waals surface area contributed by atoms with Crippen molar-refractivity contribution < 1.29 is 4.79 Å². The highest BCUT2D eigenvalue weighted by atomic mass is 32.1. The van der Waals surface area contributed by atoms with Crippen LogP contribution in [-0.4, -0.2) is 41.2 Å². The number of amides is 1. The maximum Gasteiger partial charge on any atom is 0.220 e. The molecule has 0 spiro atoms. The van der Waals surface area contributed by atoms with Crippen molar-refractivity contribution in [1.29, 1.82) is 0 Å². The van der Waals surface area contributed by atoms with Gasteiger partial charge in [0.05, 0.1) is 0 Å². The lowest BCUT2D eigenvalue weighted by atomic mass is 9.73. The molecule has 16 heavy (non-hydrogen) atoms. The molecule has 0 atom stereocenters. The first-order chi connectivity index (χ1) is 7.73. The Morgan fingerprint density at radius 3 is 2.81 bits per heavy atom. The number of nitrogens with one attached hydrogen (secondary N) is 1. The van der Waals surface area contributed by atoms with E-state index in [2.05, 4.69) is 22.8 Å². The standard InChI is InChI=1S/C12H20N2OS/c15-11(3-4-16)13-8-12-5-9(6-12)7-14(12)10-1-2-10/h9-10,16H,1-8H2,(H,13,15). The summed E-state index contributed by atoms with van der Waals surface area (Å²) in [7, 11) is 0. The highest BCUT2D eigenvalue weighted by molar-refractivity contribution is 7.80. The maximum absolute atomic E-state index is 11.5. The van der Waals surface area contributed by atoms with Crippen molar-refractivity contribution in [3.63, 3.8) is 0 Å². The van der Waals surface area contributed by atoms with Crippen molar-refractivity contribution in [2.75, 3.05) is 18.8 Å². The number of carbonyl (C=O) groups excluding carboxylic acids is 1. The molecule has 90 valence electrons. The van der Waals surface area contributed by atoms with E-state index in [1.165, 1.54) is 32.2 Å². The van der Waals surface area contributed by atoms with Crippen LogP contribution in [0.15, 0.2) is 0 Å². The number of carbonyl (C=O) groups is 1. The average Bonchev–Trinajstić information content (AvgIpc) is 2.90. The molecule has 4 aliphatic rings. The zero-order valence-electron chi connectivity index (χ0n) is 9.61. The fraction of sp³-hybridized carbons (Fsp3) is 0.917. The normalized spacial score (nSPS) is 37.2. The number of hydrogen-bond acceptors (Lipinski definition) is 3. The van der Waals surface area contributed by atoms with Gasteiger partial charge in [0.1, 0.15) is 0 Å². The van der Waals surface area contributed by atoms with Crippen molar-refractivity contribution in [1.82, 2.24) is 10.2 Å². The average molecular weight is 240 g/mol. The predicted octanol–water partition coefficient (Wildman–Crippen LogP) is 1.05. The SMILES string of the molecule is O=C(CCS)NCC12CC(CN1C1CC1)C2. The monoisotopic (exact) mass is 240 g/mol. The smallest absolute Gasteiger partial charge is 0.220 e. The first-order valence-corrected chi connectivity index (χ1v) is 7.01. The Morgan fingerprint density at radius 1 is 1.44 bits per heavy atom. The molecule has 0 unspecified atom stereocenters. The lowest BCUT2D eigenvalue weighted by Gasteiger charge is -2.42. The Morgan fingerprint density at radius 2 is 2.19 bits per heavy atom. The molecule has 2 saturated heterocycles. The molecule has 3 nitrogen and oxygen atoms in total. The summed E-state index contributed by atoms with van der Waals surface area (Å²) in [5.41, 5.74) is 0.345. The summed E-state index contributed by atoms with van der Waals surface area (Å²) in [5.74, 6) is 1.73. The van der Waals surface area contributed by atoms with Crippen LogP contribution in [0.25, 0.3) is 0 Å². The molecule has 2 aliphatic carbocycles. The van der Waals surface area contributed by atoms with Crippen LogP contribution < -0.4 is 5.32 Å². The van der Waals surface area contributed by atoms with E-state index in [0.29, 0.717) is 17.7 Å². The number of fused-ring (bicyclic) bond motifs is 1. The van der Waals surface area contributed by atoms with Gasteiger partial charge >= 0.3 is 0 Å². The number of rotatable bonds is 5. The first-order valence-electron chi connectivity index (χ1n) is 6.38. The van der Waals surface area contributed by atoms with E-state index in [9.17, 15) is 4.79 Å². The van der Waals surface area contributed by atoms with Crippen LogP contribution in [0.3, 0.4) is 0 Å². The second kappa shape index (κ2) is 3.91. The molecule has 0 radical (unpaired) electrons. The third-order valence-corrected chi connectivity index (χ3v) is 4.57. The number of hydrogen-bond donors (Lipinski definition) is 2. The van der Waals surface area contributed by atoms with E-state index in [4.69, 9.17) is 0 Å². The molecule has 4 rings (SSSR count).